The van der Waals surface area contributed by atoms with Gasteiger partial charge in [0.25, 0.3) is 0 Å². The molecule has 0 spiro atoms. The summed E-state index contributed by atoms with van der Waals surface area (Å²) < 4.78 is 1.81. The molecule has 60 valence electrons. The van der Waals surface area contributed by atoms with Crippen LogP contribution in [-0.4, -0.2) is 15.7 Å². The van der Waals surface area contributed by atoms with E-state index in [0.717, 1.165) is 16.8 Å². The van der Waals surface area contributed by atoms with E-state index in [2.05, 4.69) is 11.7 Å². The monoisotopic (exact) mass is 170 g/mol. The van der Waals surface area contributed by atoms with Crippen LogP contribution in [0.3, 0.4) is 0 Å². The van der Waals surface area contributed by atoms with Gasteiger partial charge in [-0.1, -0.05) is 6.58 Å². The normalized spacial score (nSPS) is 10.1. The summed E-state index contributed by atoms with van der Waals surface area (Å²) in [6, 6.07) is 0. The minimum Gasteiger partial charge on any atom is -0.272 e. The van der Waals surface area contributed by atoms with Crippen molar-refractivity contribution in [3.8, 4) is 0 Å². The Morgan fingerprint density at radius 2 is 2.45 bits per heavy atom. The van der Waals surface area contributed by atoms with Gasteiger partial charge in [-0.05, 0) is 12.5 Å². The van der Waals surface area contributed by atoms with Crippen molar-refractivity contribution in [2.75, 3.05) is 5.88 Å². The van der Waals surface area contributed by atoms with Gasteiger partial charge in [0, 0.05) is 24.2 Å². The lowest BCUT2D eigenvalue weighted by molar-refractivity contribution is 0.739. The smallest absolute Gasteiger partial charge is 0.0567 e. The van der Waals surface area contributed by atoms with Crippen LogP contribution < -0.4 is 0 Å². The maximum Gasteiger partial charge on any atom is 0.0567 e. The highest BCUT2D eigenvalue weighted by Gasteiger charge is 2.05. The third-order valence-electron chi connectivity index (χ3n) is 1.78. The molecule has 11 heavy (non-hydrogen) atoms. The van der Waals surface area contributed by atoms with E-state index in [9.17, 15) is 0 Å². The zero-order valence-electron chi connectivity index (χ0n) is 6.76. The predicted octanol–water partition coefficient (Wildman–Crippen LogP) is 1.98. The highest BCUT2D eigenvalue weighted by atomic mass is 35.5. The van der Waals surface area contributed by atoms with Crippen LogP contribution in [0.25, 0.3) is 5.57 Å². The quantitative estimate of drug-likeness (QED) is 0.621. The third kappa shape index (κ3) is 1.46. The van der Waals surface area contributed by atoms with Gasteiger partial charge in [-0.25, -0.2) is 0 Å². The molecule has 0 aliphatic heterocycles. The summed E-state index contributed by atoms with van der Waals surface area (Å²) in [5.74, 6) is 0.465. The molecule has 3 heteroatoms. The van der Waals surface area contributed by atoms with E-state index in [4.69, 9.17) is 11.6 Å². The van der Waals surface area contributed by atoms with Crippen LogP contribution in [0.15, 0.2) is 12.8 Å². The summed E-state index contributed by atoms with van der Waals surface area (Å²) in [5, 5.41) is 4.08. The number of nitrogens with zero attached hydrogens (tertiary/aromatic N) is 2. The number of halogens is 1. The van der Waals surface area contributed by atoms with Crippen LogP contribution in [0, 0.1) is 6.92 Å². The molecule has 1 rings (SSSR count). The van der Waals surface area contributed by atoms with Crippen LogP contribution in [0.1, 0.15) is 11.3 Å². The Morgan fingerprint density at radius 1 is 1.82 bits per heavy atom. The predicted molar refractivity (Wildman–Crippen MR) is 47.7 cm³/mol. The highest BCUT2D eigenvalue weighted by Crippen LogP contribution is 2.16. The number of hydrogen-bond acceptors (Lipinski definition) is 1. The van der Waals surface area contributed by atoms with Gasteiger partial charge in [-0.2, -0.15) is 5.10 Å². The van der Waals surface area contributed by atoms with Gasteiger partial charge in [0.05, 0.1) is 6.20 Å². The summed E-state index contributed by atoms with van der Waals surface area (Å²) in [6.07, 6.45) is 1.79. The molecule has 0 radical (unpaired) electrons. The summed E-state index contributed by atoms with van der Waals surface area (Å²) in [5.41, 5.74) is 3.09. The average molecular weight is 171 g/mol. The van der Waals surface area contributed by atoms with E-state index in [1.54, 1.807) is 6.20 Å². The third-order valence-corrected chi connectivity index (χ3v) is 2.10. The lowest BCUT2D eigenvalue weighted by atomic mass is 10.1. The van der Waals surface area contributed by atoms with E-state index in [1.165, 1.54) is 0 Å². The molecule has 0 bridgehead atoms. The Kier molecular flexibility index (Phi) is 2.35. The minimum atomic E-state index is 0.465. The minimum absolute atomic E-state index is 0.465. The molecule has 0 atom stereocenters. The van der Waals surface area contributed by atoms with Gasteiger partial charge >= 0.3 is 0 Å². The molecule has 0 amide bonds. The second kappa shape index (κ2) is 3.09. The van der Waals surface area contributed by atoms with Crippen LogP contribution in [0.5, 0.6) is 0 Å². The first-order valence-electron chi connectivity index (χ1n) is 3.39. The van der Waals surface area contributed by atoms with Crippen molar-refractivity contribution in [2.24, 2.45) is 7.05 Å². The SMILES string of the molecule is C=C(CCl)c1cnn(C)c1C. The molecule has 0 saturated carbocycles. The van der Waals surface area contributed by atoms with Gasteiger partial charge in [0.2, 0.25) is 0 Å². The summed E-state index contributed by atoms with van der Waals surface area (Å²) in [4.78, 5) is 0. The first-order valence-corrected chi connectivity index (χ1v) is 3.93. The van der Waals surface area contributed by atoms with Crippen molar-refractivity contribution in [3.63, 3.8) is 0 Å². The van der Waals surface area contributed by atoms with Crippen LogP contribution in [0.4, 0.5) is 0 Å². The molecule has 1 heterocycles. The molecule has 1 aromatic rings. The van der Waals surface area contributed by atoms with Crippen LogP contribution in [-0.2, 0) is 7.05 Å². The number of aromatic nitrogens is 2. The second-order valence-corrected chi connectivity index (χ2v) is 2.77. The molecule has 0 unspecified atom stereocenters. The maximum atomic E-state index is 5.63. The van der Waals surface area contributed by atoms with Crippen molar-refractivity contribution in [1.82, 2.24) is 9.78 Å². The molecule has 0 N–H and O–H groups in total. The summed E-state index contributed by atoms with van der Waals surface area (Å²) in [6.45, 7) is 5.83. The fraction of sp³-hybridized carbons (Fsp3) is 0.375. The van der Waals surface area contributed by atoms with Crippen LogP contribution in [0.2, 0.25) is 0 Å². The zero-order chi connectivity index (χ0) is 8.43. The van der Waals surface area contributed by atoms with E-state index < -0.39 is 0 Å². The lowest BCUT2D eigenvalue weighted by Crippen LogP contribution is -1.93. The number of hydrogen-bond donors (Lipinski definition) is 0. The fourth-order valence-electron chi connectivity index (χ4n) is 0.918. The van der Waals surface area contributed by atoms with E-state index in [1.807, 2.05) is 18.7 Å². The Bertz CT molecular complexity index is 276. The summed E-state index contributed by atoms with van der Waals surface area (Å²) >= 11 is 5.63. The van der Waals surface area contributed by atoms with Crippen molar-refractivity contribution >= 4 is 17.2 Å². The largest absolute Gasteiger partial charge is 0.272 e. The van der Waals surface area contributed by atoms with Gasteiger partial charge in [-0.3, -0.25) is 4.68 Å². The fourth-order valence-corrected chi connectivity index (χ4v) is 1.06. The number of alkyl halides is 1. The Labute approximate surface area is 71.5 Å². The van der Waals surface area contributed by atoms with Crippen LogP contribution >= 0.6 is 11.6 Å². The Hall–Kier alpha value is -0.760. The van der Waals surface area contributed by atoms with E-state index in [-0.39, 0.29) is 0 Å². The molecular weight excluding hydrogens is 160 g/mol. The lowest BCUT2D eigenvalue weighted by Gasteiger charge is -1.99. The molecule has 0 aliphatic carbocycles. The van der Waals surface area contributed by atoms with E-state index in [0.29, 0.717) is 5.88 Å². The average Bonchev–Trinajstić information content (AvgIpc) is 2.32. The van der Waals surface area contributed by atoms with E-state index >= 15 is 0 Å². The number of allylic oxidation sites excluding steroid dienone is 1. The maximum absolute atomic E-state index is 5.63. The zero-order valence-corrected chi connectivity index (χ0v) is 7.52. The molecule has 0 fully saturated rings. The standard InChI is InChI=1S/C8H11ClN2/c1-6(4-9)8-5-10-11(3)7(8)2/h5H,1,4H2,2-3H3. The molecule has 2 nitrogen and oxygen atoms in total. The highest BCUT2D eigenvalue weighted by molar-refractivity contribution is 6.23. The first kappa shape index (κ1) is 8.34. The number of aryl methyl sites for hydroxylation is 1. The van der Waals surface area contributed by atoms with Gasteiger partial charge in [0.15, 0.2) is 0 Å². The van der Waals surface area contributed by atoms with Crippen molar-refractivity contribution in [3.05, 3.63) is 24.0 Å². The van der Waals surface area contributed by atoms with Crippen molar-refractivity contribution in [2.45, 2.75) is 6.92 Å². The van der Waals surface area contributed by atoms with Gasteiger partial charge in [-0.15, -0.1) is 11.6 Å². The Balaban J connectivity index is 3.04. The first-order chi connectivity index (χ1) is 5.16. The molecule has 0 saturated heterocycles. The van der Waals surface area contributed by atoms with Crippen molar-refractivity contribution in [1.29, 1.82) is 0 Å². The second-order valence-electron chi connectivity index (χ2n) is 2.50. The summed E-state index contributed by atoms with van der Waals surface area (Å²) in [7, 11) is 1.90. The topological polar surface area (TPSA) is 17.8 Å². The van der Waals surface area contributed by atoms with Crippen molar-refractivity contribution < 1.29 is 0 Å². The van der Waals surface area contributed by atoms with Gasteiger partial charge in [0.1, 0.15) is 0 Å². The molecular formula is C8H11ClN2. The van der Waals surface area contributed by atoms with Gasteiger partial charge < -0.3 is 0 Å². The number of rotatable bonds is 2. The molecule has 1 aromatic heterocycles. The molecule has 0 aliphatic rings. The molecule has 0 aromatic carbocycles. The Morgan fingerprint density at radius 3 is 2.82 bits per heavy atom.